The van der Waals surface area contributed by atoms with E-state index in [4.69, 9.17) is 0 Å². The molecule has 0 amide bonds. The van der Waals surface area contributed by atoms with Crippen LogP contribution in [0.3, 0.4) is 0 Å². The number of aryl methyl sites for hydroxylation is 2. The molecule has 59 heavy (non-hydrogen) atoms. The molecule has 0 radical (unpaired) electrons. The van der Waals surface area contributed by atoms with Crippen molar-refractivity contribution in [3.63, 3.8) is 0 Å². The van der Waals surface area contributed by atoms with Gasteiger partial charge < -0.3 is 5.53 Å². The molecule has 3 heteroatoms. The summed E-state index contributed by atoms with van der Waals surface area (Å²) in [5.74, 6) is 0. The zero-order valence-corrected chi connectivity index (χ0v) is 40.3. The van der Waals surface area contributed by atoms with Gasteiger partial charge in [-0.2, -0.15) is 0 Å². The third-order valence-electron chi connectivity index (χ3n) is 13.0. The largest absolute Gasteiger partial charge is 0.493 e. The van der Waals surface area contributed by atoms with Crippen molar-refractivity contribution in [3.8, 4) is 0 Å². The summed E-state index contributed by atoms with van der Waals surface area (Å²) in [6.45, 7) is 9.17. The van der Waals surface area contributed by atoms with Crippen LogP contribution in [0.4, 0.5) is 0 Å². The number of hydrogen-bond acceptors (Lipinski definition) is 0. The van der Waals surface area contributed by atoms with Crippen LogP contribution < -0.4 is 0 Å². The first-order chi connectivity index (χ1) is 28.6. The van der Waals surface area contributed by atoms with Crippen LogP contribution in [0.25, 0.3) is 16.9 Å². The Morgan fingerprint density at radius 1 is 0.339 bits per heavy atom. The van der Waals surface area contributed by atoms with Gasteiger partial charge in [0.1, 0.15) is 0 Å². The molecule has 0 saturated carbocycles. The minimum absolute atomic E-state index is 0. The van der Waals surface area contributed by atoms with Gasteiger partial charge in [-0.15, -0.1) is 0 Å². The predicted molar refractivity (Wildman–Crippen MR) is 257 cm³/mol. The molecule has 0 saturated heterocycles. The summed E-state index contributed by atoms with van der Waals surface area (Å²) < 4.78 is 1.62. The summed E-state index contributed by atoms with van der Waals surface area (Å²) in [5, 5.41) is 0. The molecule has 0 atom stereocenters. The molecular weight excluding hydrogens is 759 g/mol. The molecule has 0 unspecified atom stereocenters. The van der Waals surface area contributed by atoms with Gasteiger partial charge in [-0.3, -0.25) is 0 Å². The van der Waals surface area contributed by atoms with Crippen molar-refractivity contribution in [2.45, 2.75) is 259 Å². The van der Waals surface area contributed by atoms with E-state index in [1.165, 1.54) is 239 Å². The molecular formula is C56H92N2Ni. The first kappa shape index (κ1) is 53.2. The van der Waals surface area contributed by atoms with Gasteiger partial charge in [0.05, 0.1) is 0 Å². The molecule has 1 heterocycles. The van der Waals surface area contributed by atoms with E-state index in [-0.39, 0.29) is 16.5 Å². The van der Waals surface area contributed by atoms with Crippen molar-refractivity contribution in [2.24, 2.45) is 0 Å². The molecule has 0 aliphatic carbocycles. The smallest absolute Gasteiger partial charge is 0.211 e. The topological polar surface area (TPSA) is 25.3 Å². The van der Waals surface area contributed by atoms with Crippen molar-refractivity contribution in [1.82, 2.24) is 0 Å². The van der Waals surface area contributed by atoms with Crippen LogP contribution in [0.1, 0.15) is 268 Å². The Kier molecular flexibility index (Phi) is 32.1. The average Bonchev–Trinajstić information content (AvgIpc) is 3.51. The fourth-order valence-corrected chi connectivity index (χ4v) is 9.33. The van der Waals surface area contributed by atoms with E-state index < -0.39 is 0 Å². The summed E-state index contributed by atoms with van der Waals surface area (Å²) in [6.07, 6.45) is 48.0. The van der Waals surface area contributed by atoms with Gasteiger partial charge >= 0.3 is 0 Å². The Bertz CT molecular complexity index is 1420. The van der Waals surface area contributed by atoms with Gasteiger partial charge in [-0.05, 0) is 86.8 Å². The van der Waals surface area contributed by atoms with Gasteiger partial charge in [0.2, 0.25) is 11.4 Å². The van der Waals surface area contributed by atoms with Gasteiger partial charge in [0, 0.05) is 38.8 Å². The van der Waals surface area contributed by atoms with Crippen LogP contribution in [0.5, 0.6) is 0 Å². The van der Waals surface area contributed by atoms with Crippen LogP contribution >= 0.6 is 0 Å². The van der Waals surface area contributed by atoms with Gasteiger partial charge in [0.15, 0.2) is 0 Å². The molecule has 2 nitrogen and oxygen atoms in total. The second-order valence-corrected chi connectivity index (χ2v) is 18.3. The third kappa shape index (κ3) is 22.1. The summed E-state index contributed by atoms with van der Waals surface area (Å²) in [7, 11) is 0. The fourth-order valence-electron chi connectivity index (χ4n) is 9.33. The monoisotopic (exact) mass is 851 g/mol. The van der Waals surface area contributed by atoms with E-state index in [2.05, 4.69) is 76.2 Å². The molecule has 1 aliphatic rings. The normalized spacial score (nSPS) is 12.9. The summed E-state index contributed by atoms with van der Waals surface area (Å²) in [4.78, 5) is 0. The Morgan fingerprint density at radius 2 is 0.593 bits per heavy atom. The maximum absolute atomic E-state index is 12.3. The second kappa shape index (κ2) is 35.6. The minimum atomic E-state index is 0. The van der Waals surface area contributed by atoms with Crippen molar-refractivity contribution < 1.29 is 21.2 Å². The maximum Gasteiger partial charge on any atom is 0.211 e. The van der Waals surface area contributed by atoms with E-state index in [1.54, 1.807) is 4.70 Å². The first-order valence-corrected chi connectivity index (χ1v) is 25.8. The average molecular weight is 852 g/mol. The SMILES string of the molecule is CCCCCCCCCCCCCCCCCCCCCCCCCC1=C(c2cccc(CCCCC)c2)[N+](=[N-])C(c2cccc(CCCCC)c2)=C1CCCCC.[Ni]. The number of allylic oxidation sites excluding steroid dienone is 2. The molecule has 336 valence electrons. The quantitative estimate of drug-likeness (QED) is 0.0365. The van der Waals surface area contributed by atoms with Crippen LogP contribution in [0, 0.1) is 0 Å². The Balaban J connectivity index is 0.0000120. The summed E-state index contributed by atoms with van der Waals surface area (Å²) in [6, 6.07) is 18.2. The van der Waals surface area contributed by atoms with E-state index >= 15 is 0 Å². The molecule has 3 rings (SSSR count). The van der Waals surface area contributed by atoms with E-state index in [9.17, 15) is 5.53 Å². The molecule has 1 aliphatic heterocycles. The Hall–Kier alpha value is -1.99. The fraction of sp³-hybridized carbons (Fsp3) is 0.714. The van der Waals surface area contributed by atoms with Gasteiger partial charge in [-0.25, -0.2) is 4.70 Å². The standard InChI is InChI=1S/C56H92N2.Ni/c1-5-9-13-14-15-16-17-18-19-20-21-22-23-24-25-26-27-28-29-30-31-32-36-46-54-53(45-35-12-8-4)55(51-43-37-41-49(47-51)39-33-10-6-2)58(57)56(54)52-44-38-42-50(48-52)40-34-11-7-3;/h37-38,41-44,47-48H,5-36,39-40,45-46H2,1-4H3;. The van der Waals surface area contributed by atoms with E-state index in [1.807, 2.05) is 0 Å². The summed E-state index contributed by atoms with van der Waals surface area (Å²) in [5.41, 5.74) is 22.3. The predicted octanol–water partition coefficient (Wildman–Crippen LogP) is 19.3. The third-order valence-corrected chi connectivity index (χ3v) is 13.0. The Labute approximate surface area is 377 Å². The van der Waals surface area contributed by atoms with Crippen molar-refractivity contribution in [3.05, 3.63) is 87.5 Å². The van der Waals surface area contributed by atoms with Crippen LogP contribution in [0.15, 0.2) is 59.7 Å². The molecule has 0 N–H and O–H groups in total. The number of unbranched alkanes of at least 4 members (excludes halogenated alkanes) is 28. The molecule has 0 bridgehead atoms. The second-order valence-electron chi connectivity index (χ2n) is 18.3. The van der Waals surface area contributed by atoms with E-state index in [0.29, 0.717) is 0 Å². The number of hydrogen-bond donors (Lipinski definition) is 0. The van der Waals surface area contributed by atoms with Crippen molar-refractivity contribution >= 4 is 11.4 Å². The summed E-state index contributed by atoms with van der Waals surface area (Å²) >= 11 is 0. The first-order valence-electron chi connectivity index (χ1n) is 25.8. The van der Waals surface area contributed by atoms with Crippen LogP contribution in [0.2, 0.25) is 0 Å². The maximum atomic E-state index is 12.3. The van der Waals surface area contributed by atoms with Crippen LogP contribution in [-0.4, -0.2) is 4.70 Å². The number of benzene rings is 2. The van der Waals surface area contributed by atoms with Gasteiger partial charge in [0.25, 0.3) is 0 Å². The molecule has 0 spiro atoms. The molecule has 2 aromatic rings. The zero-order chi connectivity index (χ0) is 41.3. The van der Waals surface area contributed by atoms with Gasteiger partial charge in [-0.1, -0.05) is 232 Å². The van der Waals surface area contributed by atoms with Crippen molar-refractivity contribution in [2.75, 3.05) is 0 Å². The molecule has 0 aromatic heterocycles. The number of rotatable bonds is 38. The van der Waals surface area contributed by atoms with Crippen LogP contribution in [-0.2, 0) is 29.3 Å². The zero-order valence-electron chi connectivity index (χ0n) is 39.3. The Morgan fingerprint density at radius 3 is 0.915 bits per heavy atom. The van der Waals surface area contributed by atoms with E-state index in [0.717, 1.165) is 37.1 Å². The molecule has 2 aromatic carbocycles. The van der Waals surface area contributed by atoms with Crippen molar-refractivity contribution in [1.29, 1.82) is 0 Å². The molecule has 0 fully saturated rings. The minimum Gasteiger partial charge on any atom is -0.493 e. The number of nitrogens with zero attached hydrogens (tertiary/aromatic N) is 2.